The summed E-state index contributed by atoms with van der Waals surface area (Å²) in [5, 5.41) is 0. The summed E-state index contributed by atoms with van der Waals surface area (Å²) in [6.07, 6.45) is 0.933. The standard InChI is InChI=1S/C34H33NO3/c1-6-33-25(23-14-10-8-11-15-23)26(24-16-12-9-13-17-24)34(7-2,32(33)38)28-27(33)30(36)35(31(28)37)29-21(4)18-20(3)19-22(29)5/h8-19,27-28H,6-7H2,1-5H3/t27-,28+,33-,34-/m1/s1. The van der Waals surface area contributed by atoms with Crippen LogP contribution in [0.1, 0.15) is 54.5 Å². The summed E-state index contributed by atoms with van der Waals surface area (Å²) >= 11 is 0. The molecule has 6 rings (SSSR count). The maximum atomic E-state index is 14.8. The van der Waals surface area contributed by atoms with Gasteiger partial charge in [-0.15, -0.1) is 0 Å². The lowest BCUT2D eigenvalue weighted by molar-refractivity contribution is -0.134. The molecule has 4 nitrogen and oxygen atoms in total. The molecule has 1 saturated heterocycles. The second kappa shape index (κ2) is 8.36. The van der Waals surface area contributed by atoms with Crippen molar-refractivity contribution in [1.82, 2.24) is 0 Å². The third-order valence-electron chi connectivity index (χ3n) is 9.42. The van der Waals surface area contributed by atoms with Crippen LogP contribution >= 0.6 is 0 Å². The lowest BCUT2D eigenvalue weighted by atomic mass is 9.60. The summed E-state index contributed by atoms with van der Waals surface area (Å²) in [7, 11) is 0. The average molecular weight is 504 g/mol. The fourth-order valence-electron chi connectivity index (χ4n) is 8.20. The second-order valence-corrected chi connectivity index (χ2v) is 11.2. The highest BCUT2D eigenvalue weighted by Crippen LogP contribution is 2.75. The Balaban J connectivity index is 1.68. The Bertz CT molecular complexity index is 1430. The number of hydrogen-bond donors (Lipinski definition) is 0. The van der Waals surface area contributed by atoms with Crippen molar-refractivity contribution in [2.75, 3.05) is 4.90 Å². The molecule has 2 bridgehead atoms. The minimum Gasteiger partial charge on any atom is -0.298 e. The Morgan fingerprint density at radius 2 is 1.05 bits per heavy atom. The lowest BCUT2D eigenvalue weighted by Crippen LogP contribution is -2.42. The summed E-state index contributed by atoms with van der Waals surface area (Å²) in [4.78, 5) is 45.2. The summed E-state index contributed by atoms with van der Waals surface area (Å²) in [6, 6.07) is 24.0. The van der Waals surface area contributed by atoms with Crippen molar-refractivity contribution in [3.8, 4) is 0 Å². The number of rotatable bonds is 5. The van der Waals surface area contributed by atoms with Crippen LogP contribution in [0.5, 0.6) is 0 Å². The summed E-state index contributed by atoms with van der Waals surface area (Å²) in [5.74, 6) is -1.85. The van der Waals surface area contributed by atoms with E-state index in [1.807, 2.05) is 107 Å². The molecule has 2 aliphatic carbocycles. The van der Waals surface area contributed by atoms with Crippen LogP contribution in [-0.4, -0.2) is 17.6 Å². The van der Waals surface area contributed by atoms with Gasteiger partial charge in [-0.2, -0.15) is 0 Å². The van der Waals surface area contributed by atoms with Crippen molar-refractivity contribution < 1.29 is 14.4 Å². The molecule has 0 spiro atoms. The fraction of sp³-hybridized carbons (Fsp3) is 0.324. The molecule has 0 unspecified atom stereocenters. The van der Waals surface area contributed by atoms with Crippen LogP contribution in [0.25, 0.3) is 11.1 Å². The van der Waals surface area contributed by atoms with Crippen LogP contribution in [0, 0.1) is 43.4 Å². The average Bonchev–Trinajstić information content (AvgIpc) is 3.41. The number of nitrogens with zero attached hydrogens (tertiary/aromatic N) is 1. The molecule has 0 aromatic heterocycles. The van der Waals surface area contributed by atoms with Gasteiger partial charge in [0.1, 0.15) is 0 Å². The molecule has 3 aromatic carbocycles. The number of carbonyl (C=O) groups is 3. The van der Waals surface area contributed by atoms with Crippen LogP contribution in [0.3, 0.4) is 0 Å². The van der Waals surface area contributed by atoms with Gasteiger partial charge in [-0.25, -0.2) is 4.90 Å². The Morgan fingerprint density at radius 1 is 0.658 bits per heavy atom. The molecule has 3 aliphatic rings. The van der Waals surface area contributed by atoms with Gasteiger partial charge in [0.15, 0.2) is 5.78 Å². The number of amides is 2. The highest BCUT2D eigenvalue weighted by molar-refractivity contribution is 6.35. The van der Waals surface area contributed by atoms with Gasteiger partial charge in [0.25, 0.3) is 0 Å². The Hall–Kier alpha value is -3.79. The SMILES string of the molecule is CC[C@@]12C(=O)[C@](CC)(C(c3ccccc3)=C1c1ccccc1)[C@H]1C(=O)N(c3c(C)cc(C)cc3C)C(=O)[C@H]12. The number of hydrogen-bond acceptors (Lipinski definition) is 3. The van der Waals surface area contributed by atoms with E-state index in [0.717, 1.165) is 39.0 Å². The van der Waals surface area contributed by atoms with Crippen molar-refractivity contribution in [2.24, 2.45) is 22.7 Å². The van der Waals surface area contributed by atoms with E-state index >= 15 is 0 Å². The third kappa shape index (κ3) is 2.78. The number of carbonyl (C=O) groups excluding carboxylic acids is 3. The molecule has 3 aromatic rings. The first kappa shape index (κ1) is 24.5. The van der Waals surface area contributed by atoms with E-state index in [1.54, 1.807) is 0 Å². The maximum Gasteiger partial charge on any atom is 0.239 e. The number of aryl methyl sites for hydroxylation is 3. The fourth-order valence-corrected chi connectivity index (χ4v) is 8.20. The van der Waals surface area contributed by atoms with Crippen molar-refractivity contribution in [2.45, 2.75) is 47.5 Å². The van der Waals surface area contributed by atoms with E-state index in [9.17, 15) is 14.4 Å². The van der Waals surface area contributed by atoms with Crippen molar-refractivity contribution >= 4 is 34.4 Å². The van der Waals surface area contributed by atoms with Crippen LogP contribution in [0.2, 0.25) is 0 Å². The van der Waals surface area contributed by atoms with Crippen LogP contribution in [0.4, 0.5) is 5.69 Å². The first-order valence-electron chi connectivity index (χ1n) is 13.6. The van der Waals surface area contributed by atoms with E-state index in [-0.39, 0.29) is 17.6 Å². The maximum absolute atomic E-state index is 14.8. The summed E-state index contributed by atoms with van der Waals surface area (Å²) in [6.45, 7) is 9.93. The van der Waals surface area contributed by atoms with Crippen molar-refractivity contribution in [3.63, 3.8) is 0 Å². The predicted octanol–water partition coefficient (Wildman–Crippen LogP) is 6.72. The molecule has 4 heteroatoms. The molecule has 192 valence electrons. The van der Waals surface area contributed by atoms with Gasteiger partial charge in [-0.3, -0.25) is 14.4 Å². The van der Waals surface area contributed by atoms with Gasteiger partial charge >= 0.3 is 0 Å². The van der Waals surface area contributed by atoms with E-state index in [0.29, 0.717) is 18.5 Å². The largest absolute Gasteiger partial charge is 0.298 e. The Labute approximate surface area is 224 Å². The smallest absolute Gasteiger partial charge is 0.239 e. The number of benzene rings is 3. The van der Waals surface area contributed by atoms with E-state index in [2.05, 4.69) is 0 Å². The van der Waals surface area contributed by atoms with Gasteiger partial charge in [-0.1, -0.05) is 92.2 Å². The van der Waals surface area contributed by atoms with Crippen molar-refractivity contribution in [3.05, 3.63) is 101 Å². The van der Waals surface area contributed by atoms with Gasteiger partial charge in [-0.05, 0) is 67.0 Å². The predicted molar refractivity (Wildman–Crippen MR) is 150 cm³/mol. The van der Waals surface area contributed by atoms with E-state index in [1.165, 1.54) is 4.90 Å². The summed E-state index contributed by atoms with van der Waals surface area (Å²) in [5.41, 5.74) is 5.23. The van der Waals surface area contributed by atoms with Gasteiger partial charge < -0.3 is 0 Å². The normalized spacial score (nSPS) is 28.0. The molecule has 0 N–H and O–H groups in total. The van der Waals surface area contributed by atoms with Gasteiger partial charge in [0, 0.05) is 0 Å². The minimum absolute atomic E-state index is 0.0430. The molecular weight excluding hydrogens is 470 g/mol. The quantitative estimate of drug-likeness (QED) is 0.363. The van der Waals surface area contributed by atoms with Crippen molar-refractivity contribution in [1.29, 1.82) is 0 Å². The second-order valence-electron chi connectivity index (χ2n) is 11.2. The molecule has 2 fully saturated rings. The van der Waals surface area contributed by atoms with Gasteiger partial charge in [0.05, 0.1) is 28.4 Å². The Kier molecular flexibility index (Phi) is 5.40. The number of Topliss-reactive ketones (excluding diaryl/α,β-unsaturated/α-hetero) is 1. The summed E-state index contributed by atoms with van der Waals surface area (Å²) < 4.78 is 0. The molecular formula is C34H33NO3. The van der Waals surface area contributed by atoms with E-state index < -0.39 is 22.7 Å². The zero-order valence-electron chi connectivity index (χ0n) is 22.7. The zero-order valence-corrected chi connectivity index (χ0v) is 22.7. The molecule has 4 atom stereocenters. The number of fused-ring (bicyclic) bond motifs is 5. The third-order valence-corrected chi connectivity index (χ3v) is 9.42. The topological polar surface area (TPSA) is 54.5 Å². The van der Waals surface area contributed by atoms with E-state index in [4.69, 9.17) is 0 Å². The number of ketones is 1. The van der Waals surface area contributed by atoms with Crippen LogP contribution < -0.4 is 4.90 Å². The van der Waals surface area contributed by atoms with Crippen LogP contribution in [-0.2, 0) is 14.4 Å². The Morgan fingerprint density at radius 3 is 1.42 bits per heavy atom. The zero-order chi connectivity index (χ0) is 27.0. The molecule has 38 heavy (non-hydrogen) atoms. The highest BCUT2D eigenvalue weighted by atomic mass is 16.2. The van der Waals surface area contributed by atoms with Crippen LogP contribution in [0.15, 0.2) is 72.8 Å². The number of imide groups is 1. The molecule has 1 heterocycles. The lowest BCUT2D eigenvalue weighted by Gasteiger charge is -2.38. The molecule has 1 aliphatic heterocycles. The molecule has 0 radical (unpaired) electrons. The molecule has 1 saturated carbocycles. The minimum atomic E-state index is -1.05. The highest BCUT2D eigenvalue weighted by Gasteiger charge is 2.80. The monoisotopic (exact) mass is 503 g/mol. The molecule has 2 amide bonds. The number of anilines is 1. The number of allylic oxidation sites excluding steroid dienone is 2. The first-order valence-corrected chi connectivity index (χ1v) is 13.6. The van der Waals surface area contributed by atoms with Gasteiger partial charge in [0.2, 0.25) is 11.8 Å². The first-order chi connectivity index (χ1) is 18.3.